The zero-order chi connectivity index (χ0) is 65.8. The number of hydrogen-bond acceptors (Lipinski definition) is 18. The van der Waals surface area contributed by atoms with Gasteiger partial charge in [0.1, 0.15) is 18.7 Å². The van der Waals surface area contributed by atoms with Crippen LogP contribution in [0.2, 0.25) is 0 Å². The van der Waals surface area contributed by atoms with Gasteiger partial charge in [0.05, 0.1) is 115 Å². The van der Waals surface area contributed by atoms with Crippen LogP contribution in [0.15, 0.2) is 101 Å². The number of aliphatic imine (C=N–C) groups is 1. The topological polar surface area (TPSA) is 293 Å². The Morgan fingerprint density at radius 1 is 0.703 bits per heavy atom. The van der Waals surface area contributed by atoms with E-state index in [0.29, 0.717) is 99.4 Å². The number of carbonyl (C=O) groups is 7. The molecular weight excluding hydrogens is 1180 g/mol. The van der Waals surface area contributed by atoms with Crippen molar-refractivity contribution < 1.29 is 81.3 Å². The highest BCUT2D eigenvalue weighted by molar-refractivity contribution is 6.07. The molecule has 0 bridgehead atoms. The summed E-state index contributed by atoms with van der Waals surface area (Å²) in [6.07, 6.45) is 13.4. The van der Waals surface area contributed by atoms with Gasteiger partial charge in [-0.05, 0) is 80.5 Å². The van der Waals surface area contributed by atoms with Crippen molar-refractivity contribution in [3.05, 3.63) is 113 Å². The van der Waals surface area contributed by atoms with Crippen LogP contribution in [0, 0.1) is 5.92 Å². The van der Waals surface area contributed by atoms with Crippen molar-refractivity contribution >= 4 is 65.3 Å². The molecule has 25 nitrogen and oxygen atoms in total. The molecule has 494 valence electrons. The molecule has 4 unspecified atom stereocenters. The molecule has 0 spiro atoms. The second kappa shape index (κ2) is 36.9. The van der Waals surface area contributed by atoms with Crippen LogP contribution < -0.4 is 45.1 Å². The number of ether oxygens (including phenoxy) is 9. The van der Waals surface area contributed by atoms with Gasteiger partial charge in [0.2, 0.25) is 24.1 Å². The molecule has 5 N–H and O–H groups in total. The number of aliphatic hydroxyl groups excluding tert-OH is 1. The number of amides is 7. The zero-order valence-corrected chi connectivity index (χ0v) is 53.5. The molecule has 3 aromatic rings. The molecule has 0 saturated carbocycles. The summed E-state index contributed by atoms with van der Waals surface area (Å²) in [6, 6.07) is 9.65. The molecule has 91 heavy (non-hydrogen) atoms. The van der Waals surface area contributed by atoms with Crippen LogP contribution in [0.3, 0.4) is 0 Å². The summed E-state index contributed by atoms with van der Waals surface area (Å²) in [4.78, 5) is 101. The van der Waals surface area contributed by atoms with E-state index in [9.17, 15) is 38.7 Å². The number of benzene rings is 3. The van der Waals surface area contributed by atoms with Gasteiger partial charge in [-0.25, -0.2) is 9.69 Å². The molecule has 0 saturated heterocycles. The van der Waals surface area contributed by atoms with E-state index in [-0.39, 0.29) is 86.5 Å². The maximum atomic E-state index is 14.4. The molecule has 7 rings (SSSR count). The molecule has 0 fully saturated rings. The molecule has 5 atom stereocenters. The SMILES string of the molecule is C/C=C/C1=CN2C(=O)c3cc(OC)c(OCCCOc4cc5c(cc4OC)C(=O)N4C=C(/C=C/C)CC4C(O)N5C(=O)OCc4ccc(NC(=O)C(C)NC(=O)[C@@H](NC(=O)CCOCCOCCOCCOCCNC=O)C(C)C)cc4)cc3N=CC2C1.CCC. The van der Waals surface area contributed by atoms with Crippen molar-refractivity contribution in [1.82, 2.24) is 25.8 Å². The molecule has 3 aromatic carbocycles. The van der Waals surface area contributed by atoms with Crippen molar-refractivity contribution in [3.8, 4) is 23.0 Å². The van der Waals surface area contributed by atoms with Gasteiger partial charge in [-0.1, -0.05) is 70.6 Å². The third kappa shape index (κ3) is 20.4. The maximum Gasteiger partial charge on any atom is 0.416 e. The molecule has 7 amide bonds. The lowest BCUT2D eigenvalue weighted by molar-refractivity contribution is -0.132. The van der Waals surface area contributed by atoms with Crippen molar-refractivity contribution in [2.45, 2.75) is 118 Å². The first-order valence-electron chi connectivity index (χ1n) is 30.7. The first-order chi connectivity index (χ1) is 44.0. The van der Waals surface area contributed by atoms with Crippen LogP contribution >= 0.6 is 0 Å². The third-order valence-corrected chi connectivity index (χ3v) is 14.4. The number of hydrogen-bond donors (Lipinski definition) is 5. The van der Waals surface area contributed by atoms with Gasteiger partial charge in [0, 0.05) is 55.8 Å². The Morgan fingerprint density at radius 3 is 1.88 bits per heavy atom. The van der Waals surface area contributed by atoms with Crippen LogP contribution in [0.1, 0.15) is 107 Å². The standard InChI is InChI=1S/C63H80N8O17.C3H8/c1-8-11-43-29-46-35-65-49-33-54(52(80-6)31-47(49)60(76)69(46)36-43)86-19-10-20-87-55-34-50-48(32-53(55)81-7)61(77)70-37-44(12-9-2)30-51(70)62(78)71(50)63(79)88-38-42-13-15-45(16-14-42)67-58(74)41(5)66-59(75)57(40(3)4)68-56(73)17-21-82-23-25-84-27-28-85-26-24-83-22-18-64-39-72;1-3-2/h8-9,11-16,31-37,39-41,46,51,57,62,78H,10,17-30,38H2,1-7H3,(H,64,72)(H,66,75)(H,67,74)(H,68,73);3H2,1-2H3/b11-8+,12-9+;/t41?,46?,51?,57-,62?;/m0./s1. The first kappa shape index (κ1) is 71.5. The quantitative estimate of drug-likeness (QED) is 0.0290. The number of carbonyl (C=O) groups excluding carboxylic acids is 7. The summed E-state index contributed by atoms with van der Waals surface area (Å²) in [5, 5.41) is 22.8. The number of methoxy groups -OCH3 is 2. The predicted octanol–water partition coefficient (Wildman–Crippen LogP) is 7.29. The Hall–Kier alpha value is -8.62. The monoisotopic (exact) mass is 1260 g/mol. The van der Waals surface area contributed by atoms with Crippen LogP contribution in [0.5, 0.6) is 23.0 Å². The minimum absolute atomic E-state index is 0.00204. The number of fused-ring (bicyclic) bond motifs is 4. The fourth-order valence-corrected chi connectivity index (χ4v) is 9.87. The molecule has 0 aliphatic carbocycles. The van der Waals surface area contributed by atoms with Crippen molar-refractivity contribution in [3.63, 3.8) is 0 Å². The molecule has 0 aromatic heterocycles. The first-order valence-corrected chi connectivity index (χ1v) is 30.7. The Bertz CT molecular complexity index is 3110. The summed E-state index contributed by atoms with van der Waals surface area (Å²) in [5.41, 5.74) is 3.59. The van der Waals surface area contributed by atoms with E-state index in [1.54, 1.807) is 67.6 Å². The van der Waals surface area contributed by atoms with Gasteiger partial charge in [-0.3, -0.25) is 33.8 Å². The fraction of sp³-hybridized carbons (Fsp3) is 0.485. The second-order valence-corrected chi connectivity index (χ2v) is 21.8. The third-order valence-electron chi connectivity index (χ3n) is 14.4. The number of aliphatic hydroxyl groups is 1. The zero-order valence-electron chi connectivity index (χ0n) is 53.5. The highest BCUT2D eigenvalue weighted by atomic mass is 16.6. The van der Waals surface area contributed by atoms with E-state index >= 15 is 0 Å². The Morgan fingerprint density at radius 2 is 1.27 bits per heavy atom. The van der Waals surface area contributed by atoms with Crippen LogP contribution in [0.4, 0.5) is 21.9 Å². The Labute approximate surface area is 532 Å². The molecule has 4 heterocycles. The van der Waals surface area contributed by atoms with Crippen LogP contribution in [-0.4, -0.2) is 180 Å². The summed E-state index contributed by atoms with van der Waals surface area (Å²) in [7, 11) is 2.91. The summed E-state index contributed by atoms with van der Waals surface area (Å²) in [5.74, 6) is -1.37. The largest absolute Gasteiger partial charge is 0.493 e. The highest BCUT2D eigenvalue weighted by Gasteiger charge is 2.45. The van der Waals surface area contributed by atoms with Crippen molar-refractivity contribution in [2.75, 3.05) is 97.0 Å². The lowest BCUT2D eigenvalue weighted by Gasteiger charge is -2.31. The second-order valence-electron chi connectivity index (χ2n) is 21.8. The minimum Gasteiger partial charge on any atom is -0.493 e. The molecular formula is C66H88N8O17. The normalized spacial score (nSPS) is 17.1. The van der Waals surface area contributed by atoms with Gasteiger partial charge in [-0.15, -0.1) is 0 Å². The van der Waals surface area contributed by atoms with Crippen LogP contribution in [0.25, 0.3) is 0 Å². The summed E-state index contributed by atoms with van der Waals surface area (Å²) in [6.45, 7) is 16.0. The minimum atomic E-state index is -1.57. The predicted molar refractivity (Wildman–Crippen MR) is 341 cm³/mol. The average Bonchev–Trinajstić information content (AvgIpc) is 1.66. The molecule has 25 heteroatoms. The van der Waals surface area contributed by atoms with E-state index in [1.165, 1.54) is 44.6 Å². The van der Waals surface area contributed by atoms with Crippen molar-refractivity contribution in [1.29, 1.82) is 0 Å². The maximum absolute atomic E-state index is 14.4. The van der Waals surface area contributed by atoms with Gasteiger partial charge >= 0.3 is 6.09 Å². The van der Waals surface area contributed by atoms with Gasteiger partial charge in [-0.2, -0.15) is 0 Å². The van der Waals surface area contributed by atoms with Crippen molar-refractivity contribution in [2.24, 2.45) is 10.9 Å². The number of allylic oxidation sites excluding steroid dienone is 4. The molecule has 4 aliphatic heterocycles. The van der Waals surface area contributed by atoms with Gasteiger partial charge < -0.3 is 78.8 Å². The van der Waals surface area contributed by atoms with E-state index in [1.807, 2.05) is 44.4 Å². The number of nitrogens with one attached hydrogen (secondary N) is 4. The van der Waals surface area contributed by atoms with Crippen LogP contribution in [-0.2, 0) is 49.5 Å². The lowest BCUT2D eigenvalue weighted by atomic mass is 10.0. The summed E-state index contributed by atoms with van der Waals surface area (Å²) < 4.78 is 51.2. The average molecular weight is 1270 g/mol. The Balaban J connectivity index is 0.00000430. The molecule has 4 aliphatic rings. The van der Waals surface area contributed by atoms with E-state index in [4.69, 9.17) is 42.6 Å². The summed E-state index contributed by atoms with van der Waals surface area (Å²) >= 11 is 0. The number of nitrogens with zero attached hydrogens (tertiary/aromatic N) is 4. The smallest absolute Gasteiger partial charge is 0.416 e. The molecule has 0 radical (unpaired) electrons. The fourth-order valence-electron chi connectivity index (χ4n) is 9.87. The number of anilines is 2. The number of rotatable bonds is 34. The van der Waals surface area contributed by atoms with Gasteiger partial charge in [0.25, 0.3) is 11.8 Å². The van der Waals surface area contributed by atoms with E-state index < -0.39 is 54.1 Å². The van der Waals surface area contributed by atoms with Gasteiger partial charge in [0.15, 0.2) is 29.2 Å². The highest BCUT2D eigenvalue weighted by Crippen LogP contribution is 2.43. The van der Waals surface area contributed by atoms with E-state index in [0.717, 1.165) is 16.0 Å². The van der Waals surface area contributed by atoms with E-state index in [2.05, 4.69) is 40.1 Å². The Kier molecular flexibility index (Phi) is 29.0. The lowest BCUT2D eigenvalue weighted by Crippen LogP contribution is -2.53.